The number of allylic oxidation sites excluding steroid dienone is 1. The normalized spacial score (nSPS) is 28.9. The fourth-order valence-electron chi connectivity index (χ4n) is 2.77. The molecule has 0 aromatic carbocycles. The lowest BCUT2D eigenvalue weighted by Gasteiger charge is -2.50. The van der Waals surface area contributed by atoms with Crippen LogP contribution in [-0.2, 0) is 14.3 Å². The molecule has 3 aliphatic heterocycles. The minimum Gasteiger partial charge on any atom is -0.543 e. The van der Waals surface area contributed by atoms with Crippen molar-refractivity contribution >= 4 is 58.2 Å². The molecule has 3 rings (SSSR count). The van der Waals surface area contributed by atoms with Crippen LogP contribution in [0.1, 0.15) is 13.3 Å². The van der Waals surface area contributed by atoms with Crippen molar-refractivity contribution in [2.75, 3.05) is 25.7 Å². The molecule has 3 atom stereocenters. The summed E-state index contributed by atoms with van der Waals surface area (Å²) in [6, 6.07) is 0. The van der Waals surface area contributed by atoms with Gasteiger partial charge in [-0.2, -0.15) is 0 Å². The maximum atomic E-state index is 12.2. The number of carbonyl (C=O) groups is 2. The topological polar surface area (TPSA) is 110 Å². The molecule has 0 aromatic heterocycles. The number of nitrogens with zero attached hydrogens (tertiary/aromatic N) is 5. The first-order chi connectivity index (χ1) is 13.3. The van der Waals surface area contributed by atoms with Crippen LogP contribution in [0, 0.1) is 0 Å². The smallest absolute Gasteiger partial charge is 0.262 e. The fourth-order valence-corrected chi connectivity index (χ4v) is 5.42. The number of nitrogens with one attached hydrogen (secondary N) is 1. The number of amidine groups is 1. The van der Waals surface area contributed by atoms with Gasteiger partial charge in [0.25, 0.3) is 17.7 Å². The van der Waals surface area contributed by atoms with Crippen molar-refractivity contribution in [3.05, 3.63) is 17.3 Å². The Morgan fingerprint density at radius 3 is 3.07 bits per heavy atom. The Hall–Kier alpha value is -1.69. The number of halogens is 1. The van der Waals surface area contributed by atoms with E-state index in [0.29, 0.717) is 22.2 Å². The second-order valence-corrected chi connectivity index (χ2v) is 8.50. The summed E-state index contributed by atoms with van der Waals surface area (Å²) < 4.78 is 4.57. The molecule has 1 fully saturated rings. The first kappa shape index (κ1) is 21.0. The number of hydrazone groups is 1. The Bertz CT molecular complexity index is 814. The molecule has 0 spiro atoms. The van der Waals surface area contributed by atoms with E-state index in [1.165, 1.54) is 35.5 Å². The fraction of sp³-hybridized carbons (Fsp3) is 0.533. The van der Waals surface area contributed by atoms with Gasteiger partial charge in [0.05, 0.1) is 18.7 Å². The van der Waals surface area contributed by atoms with E-state index in [1.54, 1.807) is 18.1 Å². The average molecular weight is 447 g/mol. The lowest BCUT2D eigenvalue weighted by molar-refractivity contribution is -0.957. The summed E-state index contributed by atoms with van der Waals surface area (Å²) in [6.45, 7) is 1.95. The molecule has 3 heterocycles. The summed E-state index contributed by atoms with van der Waals surface area (Å²) in [7, 11) is 3.13. The van der Waals surface area contributed by atoms with Crippen LogP contribution in [0.15, 0.2) is 27.5 Å². The van der Waals surface area contributed by atoms with Crippen molar-refractivity contribution in [2.45, 2.75) is 24.8 Å². The van der Waals surface area contributed by atoms with E-state index in [-0.39, 0.29) is 17.0 Å². The van der Waals surface area contributed by atoms with Crippen LogP contribution in [0.4, 0.5) is 0 Å². The zero-order chi connectivity index (χ0) is 20.5. The van der Waals surface area contributed by atoms with Crippen LogP contribution in [0.2, 0.25) is 0 Å². The summed E-state index contributed by atoms with van der Waals surface area (Å²) in [5, 5.41) is 21.6. The highest BCUT2D eigenvalue weighted by Crippen LogP contribution is 2.42. The van der Waals surface area contributed by atoms with Crippen LogP contribution >= 0.6 is 35.3 Å². The number of aliphatic carboxylic acids is 1. The number of carboxylic acids is 1. The molecule has 3 aliphatic rings. The number of thioether (sulfide) groups is 2. The monoisotopic (exact) mass is 446 g/mol. The second kappa shape index (κ2) is 8.36. The maximum Gasteiger partial charge on any atom is 0.262 e. The number of carboxylic acid groups (broad SMARTS) is 1. The Kier molecular flexibility index (Phi) is 6.28. The summed E-state index contributed by atoms with van der Waals surface area (Å²) in [5.41, 5.74) is 3.18. The van der Waals surface area contributed by atoms with Gasteiger partial charge in [-0.05, 0) is 18.1 Å². The summed E-state index contributed by atoms with van der Waals surface area (Å²) in [5.74, 6) is 1.74. The van der Waals surface area contributed by atoms with Gasteiger partial charge in [0.2, 0.25) is 5.17 Å². The third-order valence-electron chi connectivity index (χ3n) is 4.25. The molecule has 1 unspecified atom stereocenters. The number of β-lactam (4-membered cyclic amide) rings is 1. The van der Waals surface area contributed by atoms with Crippen molar-refractivity contribution in [2.24, 2.45) is 10.2 Å². The number of carbonyl (C=O) groups excluding carboxylic acids is 2. The van der Waals surface area contributed by atoms with Crippen LogP contribution in [0.5, 0.6) is 0 Å². The molecule has 0 saturated carbocycles. The Morgan fingerprint density at radius 1 is 1.68 bits per heavy atom. The minimum absolute atomic E-state index is 0.0840. The molecule has 0 aliphatic carbocycles. The molecule has 152 valence electrons. The van der Waals surface area contributed by atoms with E-state index < -0.39 is 16.4 Å². The number of hydrogen-bond acceptors (Lipinski definition) is 10. The van der Waals surface area contributed by atoms with Gasteiger partial charge in [0.15, 0.2) is 6.10 Å². The number of rotatable bonds is 6. The standard InChI is InChI=1S/C15H19ClN6O4S2/c1-4-5-6-17-22(16)19-18-15(20(22)2)28-8-9-7-27-13-11(26-3)12(23)21(13)10(9)14(24)25/h5,11,13,19H,4,7-8H2,1-3H3/t11-,13+,22?/m1/s1. The van der Waals surface area contributed by atoms with Gasteiger partial charge < -0.3 is 14.6 Å². The van der Waals surface area contributed by atoms with Crippen LogP contribution in [-0.4, -0.2) is 74.3 Å². The van der Waals surface area contributed by atoms with Crippen molar-refractivity contribution in [1.82, 2.24) is 15.4 Å². The minimum atomic E-state index is -1.37. The maximum absolute atomic E-state index is 12.2. The molecular formula is C15H19ClN6O4S2. The molecule has 10 nitrogen and oxygen atoms in total. The van der Waals surface area contributed by atoms with Gasteiger partial charge >= 0.3 is 0 Å². The zero-order valence-electron chi connectivity index (χ0n) is 15.4. The second-order valence-electron chi connectivity index (χ2n) is 5.98. The summed E-state index contributed by atoms with van der Waals surface area (Å²) in [6.07, 6.45) is 1.88. The number of quaternary nitrogens is 1. The van der Waals surface area contributed by atoms with Gasteiger partial charge in [-0.25, -0.2) is 0 Å². The predicted octanol–water partition coefficient (Wildman–Crippen LogP) is -0.189. The lowest BCUT2D eigenvalue weighted by atomic mass is 10.1. The lowest BCUT2D eigenvalue weighted by Crippen LogP contribution is -2.66. The highest BCUT2D eigenvalue weighted by atomic mass is 35.5. The van der Waals surface area contributed by atoms with Gasteiger partial charge in [0.1, 0.15) is 9.70 Å². The van der Waals surface area contributed by atoms with Crippen LogP contribution in [0.25, 0.3) is 0 Å². The van der Waals surface area contributed by atoms with Gasteiger partial charge in [-0.15, -0.1) is 16.8 Å². The SMILES string of the molecule is CCC=C=N[N+]1(Cl)NN=C(SCC2=C(C(=O)[O-])N3C(=O)[C@@H](OC)[C@@H]3SC2)N1C. The Labute approximate surface area is 175 Å². The third kappa shape index (κ3) is 3.63. The molecule has 0 aromatic rings. The predicted molar refractivity (Wildman–Crippen MR) is 105 cm³/mol. The van der Waals surface area contributed by atoms with E-state index in [0.717, 1.165) is 6.42 Å². The van der Waals surface area contributed by atoms with Crippen LogP contribution < -0.4 is 10.6 Å². The number of ether oxygens (including phenoxy) is 1. The number of hydrogen-bond donors (Lipinski definition) is 1. The average Bonchev–Trinajstić information content (AvgIpc) is 2.94. The highest BCUT2D eigenvalue weighted by molar-refractivity contribution is 8.14. The summed E-state index contributed by atoms with van der Waals surface area (Å²) in [4.78, 5) is 25.1. The quantitative estimate of drug-likeness (QED) is 0.339. The zero-order valence-corrected chi connectivity index (χ0v) is 17.8. The number of amides is 1. The van der Waals surface area contributed by atoms with E-state index in [4.69, 9.17) is 16.5 Å². The Morgan fingerprint density at radius 2 is 2.43 bits per heavy atom. The molecule has 13 heteroatoms. The molecule has 0 bridgehead atoms. The number of methoxy groups -OCH3 is 1. The van der Waals surface area contributed by atoms with Crippen molar-refractivity contribution in [3.8, 4) is 0 Å². The summed E-state index contributed by atoms with van der Waals surface area (Å²) >= 11 is 9.08. The van der Waals surface area contributed by atoms with Crippen molar-refractivity contribution < 1.29 is 23.8 Å². The molecule has 1 N–H and O–H groups in total. The number of fused-ring (bicyclic) bond motifs is 1. The molecule has 1 amide bonds. The van der Waals surface area contributed by atoms with Gasteiger partial charge in [0, 0.05) is 29.6 Å². The molecule has 0 radical (unpaired) electrons. The first-order valence-corrected chi connectivity index (χ1v) is 10.7. The largest absolute Gasteiger partial charge is 0.543 e. The Balaban J connectivity index is 1.72. The van der Waals surface area contributed by atoms with E-state index in [2.05, 4.69) is 21.6 Å². The third-order valence-corrected chi connectivity index (χ3v) is 7.05. The van der Waals surface area contributed by atoms with E-state index in [1.807, 2.05) is 6.92 Å². The first-order valence-electron chi connectivity index (χ1n) is 8.35. The van der Waals surface area contributed by atoms with Crippen LogP contribution in [0.3, 0.4) is 0 Å². The van der Waals surface area contributed by atoms with Gasteiger partial charge in [-0.3, -0.25) is 9.69 Å². The molecular weight excluding hydrogens is 428 g/mol. The van der Waals surface area contributed by atoms with Crippen molar-refractivity contribution in [1.29, 1.82) is 0 Å². The van der Waals surface area contributed by atoms with E-state index >= 15 is 0 Å². The van der Waals surface area contributed by atoms with E-state index in [9.17, 15) is 14.7 Å². The highest BCUT2D eigenvalue weighted by Gasteiger charge is 2.52. The van der Waals surface area contributed by atoms with Crippen molar-refractivity contribution in [3.63, 3.8) is 0 Å². The molecule has 1 saturated heterocycles. The molecule has 28 heavy (non-hydrogen) atoms. The van der Waals surface area contributed by atoms with Gasteiger partial charge in [-0.1, -0.05) is 29.3 Å².